The summed E-state index contributed by atoms with van der Waals surface area (Å²) in [6.07, 6.45) is 4.50. The van der Waals surface area contributed by atoms with Crippen LogP contribution >= 0.6 is 0 Å². The average molecular weight is 487 g/mol. The van der Waals surface area contributed by atoms with Crippen LogP contribution in [0.25, 0.3) is 0 Å². The minimum absolute atomic E-state index is 0.0915. The van der Waals surface area contributed by atoms with Crippen LogP contribution < -0.4 is 16.0 Å². The lowest BCUT2D eigenvalue weighted by molar-refractivity contribution is -0.137. The Bertz CT molecular complexity index is 970. The number of amides is 5. The van der Waals surface area contributed by atoms with Crippen LogP contribution in [0, 0.1) is 12.8 Å². The standard InChI is InChI=1S/C25H34N4O6/c1-16(2)24(28-20(31)7-5-4-6-12-29-22(33)10-11-23(29)34)25(35)26-14-21(32)27-19-9-8-18(15-30)13-17(19)3/h8-11,13,16,24,30H,4-7,12,14-15H2,1-3H3,(H,26,35)(H,27,32)(H,28,31). The number of anilines is 1. The summed E-state index contributed by atoms with van der Waals surface area (Å²) in [7, 11) is 0. The summed E-state index contributed by atoms with van der Waals surface area (Å²) in [5, 5.41) is 17.2. The van der Waals surface area contributed by atoms with E-state index in [-0.39, 0.29) is 43.2 Å². The largest absolute Gasteiger partial charge is 0.392 e. The highest BCUT2D eigenvalue weighted by molar-refractivity contribution is 6.12. The van der Waals surface area contributed by atoms with Crippen LogP contribution in [0.5, 0.6) is 0 Å². The Labute approximate surface area is 205 Å². The Hall–Kier alpha value is -3.53. The Morgan fingerprint density at radius 2 is 1.69 bits per heavy atom. The number of nitrogens with zero attached hydrogens (tertiary/aromatic N) is 1. The number of aliphatic hydroxyl groups excluding tert-OH is 1. The number of benzene rings is 1. The molecule has 4 N–H and O–H groups in total. The first kappa shape index (κ1) is 27.7. The summed E-state index contributed by atoms with van der Waals surface area (Å²) in [6.45, 7) is 5.38. The molecule has 0 bridgehead atoms. The topological polar surface area (TPSA) is 145 Å². The fraction of sp³-hybridized carbons (Fsp3) is 0.480. The minimum Gasteiger partial charge on any atom is -0.392 e. The molecular weight excluding hydrogens is 452 g/mol. The summed E-state index contributed by atoms with van der Waals surface area (Å²) >= 11 is 0. The van der Waals surface area contributed by atoms with Gasteiger partial charge < -0.3 is 21.1 Å². The van der Waals surface area contributed by atoms with Gasteiger partial charge in [0.2, 0.25) is 17.7 Å². The Kier molecular flexibility index (Phi) is 10.6. The van der Waals surface area contributed by atoms with Gasteiger partial charge >= 0.3 is 0 Å². The van der Waals surface area contributed by atoms with Gasteiger partial charge in [0.25, 0.3) is 11.8 Å². The van der Waals surface area contributed by atoms with Gasteiger partial charge in [0.15, 0.2) is 0 Å². The Morgan fingerprint density at radius 3 is 2.29 bits per heavy atom. The zero-order valence-electron chi connectivity index (χ0n) is 20.4. The van der Waals surface area contributed by atoms with E-state index in [1.54, 1.807) is 39.0 Å². The minimum atomic E-state index is -0.785. The summed E-state index contributed by atoms with van der Waals surface area (Å²) in [5.41, 5.74) is 2.11. The van der Waals surface area contributed by atoms with Crippen molar-refractivity contribution in [3.8, 4) is 0 Å². The molecule has 5 amide bonds. The van der Waals surface area contributed by atoms with Crippen molar-refractivity contribution in [1.82, 2.24) is 15.5 Å². The van der Waals surface area contributed by atoms with Gasteiger partial charge in [-0.05, 0) is 42.9 Å². The fourth-order valence-electron chi connectivity index (χ4n) is 3.60. The highest BCUT2D eigenvalue weighted by Gasteiger charge is 2.25. The van der Waals surface area contributed by atoms with Crippen LogP contribution in [0.4, 0.5) is 5.69 Å². The van der Waals surface area contributed by atoms with Gasteiger partial charge in [-0.25, -0.2) is 0 Å². The molecule has 0 saturated heterocycles. The van der Waals surface area contributed by atoms with E-state index >= 15 is 0 Å². The predicted molar refractivity (Wildman–Crippen MR) is 130 cm³/mol. The predicted octanol–water partition coefficient (Wildman–Crippen LogP) is 1.17. The molecule has 35 heavy (non-hydrogen) atoms. The molecule has 0 saturated carbocycles. The Morgan fingerprint density at radius 1 is 1.00 bits per heavy atom. The molecule has 0 aliphatic carbocycles. The number of carbonyl (C=O) groups is 5. The van der Waals surface area contributed by atoms with Gasteiger partial charge in [-0.15, -0.1) is 0 Å². The van der Waals surface area contributed by atoms with Crippen LogP contribution in [-0.2, 0) is 30.6 Å². The lowest BCUT2D eigenvalue weighted by Crippen LogP contribution is -2.51. The molecule has 1 unspecified atom stereocenters. The van der Waals surface area contributed by atoms with Crippen LogP contribution in [0.3, 0.4) is 0 Å². The molecule has 1 aromatic rings. The zero-order chi connectivity index (χ0) is 26.0. The quantitative estimate of drug-likeness (QED) is 0.243. The number of rotatable bonds is 13. The molecule has 190 valence electrons. The SMILES string of the molecule is Cc1cc(CO)ccc1NC(=O)CNC(=O)C(NC(=O)CCCCCN1C(=O)C=CC1=O)C(C)C. The molecule has 0 aromatic heterocycles. The highest BCUT2D eigenvalue weighted by Crippen LogP contribution is 2.16. The van der Waals surface area contributed by atoms with Gasteiger partial charge in [0, 0.05) is 30.8 Å². The third kappa shape index (κ3) is 8.64. The lowest BCUT2D eigenvalue weighted by Gasteiger charge is -2.22. The van der Waals surface area contributed by atoms with Crippen molar-refractivity contribution in [2.24, 2.45) is 5.92 Å². The second-order valence-corrected chi connectivity index (χ2v) is 8.83. The van der Waals surface area contributed by atoms with Crippen LogP contribution in [-0.4, -0.2) is 58.7 Å². The van der Waals surface area contributed by atoms with Gasteiger partial charge in [-0.2, -0.15) is 0 Å². The lowest BCUT2D eigenvalue weighted by atomic mass is 10.0. The van der Waals surface area contributed by atoms with Crippen molar-refractivity contribution in [1.29, 1.82) is 0 Å². The molecule has 1 aromatic carbocycles. The average Bonchev–Trinajstić information content (AvgIpc) is 3.13. The normalized spacial score (nSPS) is 13.8. The van der Waals surface area contributed by atoms with Crippen molar-refractivity contribution in [3.63, 3.8) is 0 Å². The second kappa shape index (κ2) is 13.4. The molecule has 1 aliphatic rings. The Balaban J connectivity index is 1.72. The maximum absolute atomic E-state index is 12.6. The molecule has 0 spiro atoms. The van der Waals surface area contributed by atoms with Gasteiger partial charge in [0.1, 0.15) is 6.04 Å². The van der Waals surface area contributed by atoms with Crippen molar-refractivity contribution < 1.29 is 29.1 Å². The number of aryl methyl sites for hydroxylation is 1. The first-order valence-electron chi connectivity index (χ1n) is 11.7. The summed E-state index contributed by atoms with van der Waals surface area (Å²) < 4.78 is 0. The third-order valence-electron chi connectivity index (χ3n) is 5.62. The van der Waals surface area contributed by atoms with Crippen molar-refractivity contribution in [3.05, 3.63) is 41.5 Å². The summed E-state index contributed by atoms with van der Waals surface area (Å²) in [6, 6.07) is 4.37. The molecule has 10 heteroatoms. The number of aliphatic hydroxyl groups is 1. The van der Waals surface area contributed by atoms with Gasteiger partial charge in [-0.3, -0.25) is 28.9 Å². The summed E-state index contributed by atoms with van der Waals surface area (Å²) in [4.78, 5) is 61.4. The molecule has 2 rings (SSSR count). The van der Waals surface area contributed by atoms with E-state index in [0.29, 0.717) is 31.5 Å². The number of unbranched alkanes of at least 4 members (excludes halogenated alkanes) is 2. The molecule has 1 atom stereocenters. The maximum Gasteiger partial charge on any atom is 0.253 e. The number of hydrogen-bond acceptors (Lipinski definition) is 6. The van der Waals surface area contributed by atoms with E-state index in [2.05, 4.69) is 16.0 Å². The van der Waals surface area contributed by atoms with Gasteiger partial charge in [0.05, 0.1) is 13.2 Å². The van der Waals surface area contributed by atoms with Crippen LogP contribution in [0.1, 0.15) is 50.7 Å². The molecule has 1 aliphatic heterocycles. The smallest absolute Gasteiger partial charge is 0.253 e. The number of carbonyl (C=O) groups excluding carboxylic acids is 5. The fourth-order valence-corrected chi connectivity index (χ4v) is 3.60. The van der Waals surface area contributed by atoms with Gasteiger partial charge in [-0.1, -0.05) is 32.4 Å². The molecular formula is C25H34N4O6. The van der Waals surface area contributed by atoms with E-state index in [0.717, 1.165) is 11.1 Å². The monoisotopic (exact) mass is 486 g/mol. The second-order valence-electron chi connectivity index (χ2n) is 8.83. The number of imide groups is 1. The number of hydrogen-bond donors (Lipinski definition) is 4. The van der Waals surface area contributed by atoms with Crippen LogP contribution in [0.15, 0.2) is 30.4 Å². The first-order chi connectivity index (χ1) is 16.6. The van der Waals surface area contributed by atoms with Crippen molar-refractivity contribution >= 4 is 35.2 Å². The van der Waals surface area contributed by atoms with E-state index in [4.69, 9.17) is 0 Å². The number of nitrogens with one attached hydrogen (secondary N) is 3. The third-order valence-corrected chi connectivity index (χ3v) is 5.62. The highest BCUT2D eigenvalue weighted by atomic mass is 16.3. The zero-order valence-corrected chi connectivity index (χ0v) is 20.4. The first-order valence-corrected chi connectivity index (χ1v) is 11.7. The van der Waals surface area contributed by atoms with E-state index in [1.807, 2.05) is 0 Å². The van der Waals surface area contributed by atoms with E-state index in [9.17, 15) is 29.1 Å². The summed E-state index contributed by atoms with van der Waals surface area (Å²) in [5.74, 6) is -1.96. The maximum atomic E-state index is 12.6. The molecule has 10 nitrogen and oxygen atoms in total. The molecule has 0 fully saturated rings. The van der Waals surface area contributed by atoms with E-state index < -0.39 is 17.9 Å². The van der Waals surface area contributed by atoms with E-state index in [1.165, 1.54) is 17.1 Å². The van der Waals surface area contributed by atoms with Crippen molar-refractivity contribution in [2.45, 2.75) is 59.1 Å². The molecule has 1 heterocycles. The molecule has 0 radical (unpaired) electrons. The van der Waals surface area contributed by atoms with Crippen molar-refractivity contribution in [2.75, 3.05) is 18.4 Å². The van der Waals surface area contributed by atoms with Crippen LogP contribution in [0.2, 0.25) is 0 Å².